The average Bonchev–Trinajstić information content (AvgIpc) is 2.88. The first-order valence-electron chi connectivity index (χ1n) is 6.60. The highest BCUT2D eigenvalue weighted by molar-refractivity contribution is 14.0. The molecule has 0 atom stereocenters. The molecule has 0 amide bonds. The van der Waals surface area contributed by atoms with Crippen LogP contribution in [0.1, 0.15) is 17.6 Å². The Hall–Kier alpha value is -0.670. The zero-order valence-electron chi connectivity index (χ0n) is 13.0. The third-order valence-electron chi connectivity index (χ3n) is 2.34. The molecule has 1 aromatic rings. The third-order valence-corrected chi connectivity index (χ3v) is 3.90. The lowest BCUT2D eigenvalue weighted by atomic mass is 10.5. The molecule has 0 bridgehead atoms. The monoisotopic (exact) mass is 501 g/mol. The van der Waals surface area contributed by atoms with E-state index in [1.54, 1.807) is 0 Å². The van der Waals surface area contributed by atoms with Crippen molar-refractivity contribution in [2.24, 2.45) is 4.99 Å². The number of aliphatic imine (C=N–C) groups is 1. The molecule has 0 aliphatic carbocycles. The summed E-state index contributed by atoms with van der Waals surface area (Å²) in [5.41, 5.74) is -0.928. The van der Waals surface area contributed by atoms with E-state index in [1.807, 2.05) is 6.92 Å². The number of hydrogen-bond donors (Lipinski definition) is 3. The van der Waals surface area contributed by atoms with E-state index in [0.29, 0.717) is 12.5 Å². The molecule has 0 saturated heterocycles. The van der Waals surface area contributed by atoms with Gasteiger partial charge >= 0.3 is 6.18 Å². The van der Waals surface area contributed by atoms with Crippen LogP contribution in [0.3, 0.4) is 0 Å². The van der Waals surface area contributed by atoms with E-state index in [-0.39, 0.29) is 48.6 Å². The van der Waals surface area contributed by atoms with Gasteiger partial charge in [0.1, 0.15) is 5.01 Å². The molecule has 0 saturated carbocycles. The van der Waals surface area contributed by atoms with Crippen molar-refractivity contribution >= 4 is 51.3 Å². The fourth-order valence-electron chi connectivity index (χ4n) is 1.42. The molecule has 0 aliphatic heterocycles. The summed E-state index contributed by atoms with van der Waals surface area (Å²) in [4.78, 5) is 7.59. The molecule has 0 fully saturated rings. The second-order valence-electron chi connectivity index (χ2n) is 4.41. The van der Waals surface area contributed by atoms with Gasteiger partial charge in [-0.3, -0.25) is 0 Å². The second-order valence-corrected chi connectivity index (χ2v) is 7.19. The van der Waals surface area contributed by atoms with Gasteiger partial charge in [-0.25, -0.2) is 23.1 Å². The normalized spacial score (nSPS) is 12.6. The Morgan fingerprint density at radius 1 is 1.33 bits per heavy atom. The molecule has 3 N–H and O–H groups in total. The number of hydrogen-bond acceptors (Lipinski definition) is 5. The van der Waals surface area contributed by atoms with Gasteiger partial charge in [0.2, 0.25) is 10.0 Å². The van der Waals surface area contributed by atoms with Crippen molar-refractivity contribution < 1.29 is 21.6 Å². The SMILES string of the molecule is CCNC(=NCc1nc(C(F)(F)F)cs1)NCCNS(C)(=O)=O.I. The summed E-state index contributed by atoms with van der Waals surface area (Å²) in [6.07, 6.45) is -3.41. The zero-order chi connectivity index (χ0) is 17.5. The van der Waals surface area contributed by atoms with Gasteiger partial charge < -0.3 is 10.6 Å². The maximum absolute atomic E-state index is 12.5. The lowest BCUT2D eigenvalue weighted by Gasteiger charge is -2.10. The van der Waals surface area contributed by atoms with Crippen LogP contribution in [0.4, 0.5) is 13.2 Å². The minimum Gasteiger partial charge on any atom is -0.357 e. The van der Waals surface area contributed by atoms with Crippen LogP contribution in [0.15, 0.2) is 10.4 Å². The van der Waals surface area contributed by atoms with Crippen LogP contribution in [0.5, 0.6) is 0 Å². The first-order chi connectivity index (χ1) is 10.6. The number of alkyl halides is 3. The van der Waals surface area contributed by atoms with Gasteiger partial charge in [-0.05, 0) is 6.92 Å². The molecular weight excluding hydrogens is 482 g/mol. The van der Waals surface area contributed by atoms with Crippen LogP contribution in [-0.2, 0) is 22.7 Å². The second kappa shape index (κ2) is 10.4. The molecule has 24 heavy (non-hydrogen) atoms. The fourth-order valence-corrected chi connectivity index (χ4v) is 2.62. The summed E-state index contributed by atoms with van der Waals surface area (Å²) in [6, 6.07) is 0. The number of nitrogens with zero attached hydrogens (tertiary/aromatic N) is 2. The molecule has 13 heteroatoms. The van der Waals surface area contributed by atoms with Crippen molar-refractivity contribution in [3.63, 3.8) is 0 Å². The smallest absolute Gasteiger partial charge is 0.357 e. The molecule has 7 nitrogen and oxygen atoms in total. The van der Waals surface area contributed by atoms with Crippen molar-refractivity contribution in [2.75, 3.05) is 25.9 Å². The predicted octanol–water partition coefficient (Wildman–Crippen LogP) is 1.38. The summed E-state index contributed by atoms with van der Waals surface area (Å²) < 4.78 is 61.5. The number of sulfonamides is 1. The van der Waals surface area contributed by atoms with Gasteiger partial charge in [0.05, 0.1) is 12.8 Å². The molecule has 1 heterocycles. The number of guanidine groups is 1. The van der Waals surface area contributed by atoms with Gasteiger partial charge in [0.15, 0.2) is 11.7 Å². The van der Waals surface area contributed by atoms with E-state index in [4.69, 9.17) is 0 Å². The quantitative estimate of drug-likeness (QED) is 0.227. The van der Waals surface area contributed by atoms with Crippen LogP contribution in [0.2, 0.25) is 0 Å². The Kier molecular flexibility index (Phi) is 10.1. The van der Waals surface area contributed by atoms with Crippen LogP contribution >= 0.6 is 35.3 Å². The van der Waals surface area contributed by atoms with Gasteiger partial charge in [-0.2, -0.15) is 13.2 Å². The van der Waals surface area contributed by atoms with E-state index in [2.05, 4.69) is 25.3 Å². The molecule has 140 valence electrons. The molecule has 0 spiro atoms. The van der Waals surface area contributed by atoms with Crippen LogP contribution in [-0.4, -0.2) is 45.3 Å². The van der Waals surface area contributed by atoms with E-state index in [9.17, 15) is 21.6 Å². The van der Waals surface area contributed by atoms with Crippen molar-refractivity contribution in [2.45, 2.75) is 19.6 Å². The average molecular weight is 501 g/mol. The Morgan fingerprint density at radius 2 is 2.00 bits per heavy atom. The molecule has 0 unspecified atom stereocenters. The standard InChI is InChI=1S/C11H18F3N5O2S2.HI/c1-3-15-10(16-4-5-18-23(2,20)21)17-6-9-19-8(7-22-9)11(12,13)14;/h7,18H,3-6H2,1-2H3,(H2,15,16,17);1H. The summed E-state index contributed by atoms with van der Waals surface area (Å²) in [5.74, 6) is 0.367. The molecule has 0 aromatic carbocycles. The van der Waals surface area contributed by atoms with E-state index in [1.165, 1.54) is 0 Å². The Bertz CT molecular complexity index is 634. The van der Waals surface area contributed by atoms with Gasteiger partial charge in [0.25, 0.3) is 0 Å². The lowest BCUT2D eigenvalue weighted by Crippen LogP contribution is -2.41. The van der Waals surface area contributed by atoms with E-state index in [0.717, 1.165) is 23.0 Å². The first-order valence-corrected chi connectivity index (χ1v) is 9.37. The zero-order valence-corrected chi connectivity index (χ0v) is 16.9. The minimum atomic E-state index is -4.46. The van der Waals surface area contributed by atoms with Gasteiger partial charge in [-0.1, -0.05) is 0 Å². The first kappa shape index (κ1) is 23.3. The maximum Gasteiger partial charge on any atom is 0.434 e. The van der Waals surface area contributed by atoms with Crippen molar-refractivity contribution in [1.82, 2.24) is 20.3 Å². The number of halogens is 4. The molecule has 0 aliphatic rings. The van der Waals surface area contributed by atoms with Gasteiger partial charge in [-0.15, -0.1) is 35.3 Å². The third kappa shape index (κ3) is 9.58. The fraction of sp³-hybridized carbons (Fsp3) is 0.636. The molecular formula is C11H19F3IN5O2S2. The van der Waals surface area contributed by atoms with Crippen LogP contribution in [0.25, 0.3) is 0 Å². The lowest BCUT2D eigenvalue weighted by molar-refractivity contribution is -0.140. The highest BCUT2D eigenvalue weighted by Crippen LogP contribution is 2.30. The largest absolute Gasteiger partial charge is 0.434 e. The van der Waals surface area contributed by atoms with Crippen molar-refractivity contribution in [3.8, 4) is 0 Å². The predicted molar refractivity (Wildman–Crippen MR) is 98.2 cm³/mol. The summed E-state index contributed by atoms with van der Waals surface area (Å²) in [5, 5.41) is 6.96. The summed E-state index contributed by atoms with van der Waals surface area (Å²) in [6.45, 7) is 2.83. The molecule has 1 rings (SSSR count). The maximum atomic E-state index is 12.5. The van der Waals surface area contributed by atoms with Crippen molar-refractivity contribution in [1.29, 1.82) is 0 Å². The van der Waals surface area contributed by atoms with Crippen molar-refractivity contribution in [3.05, 3.63) is 16.1 Å². The minimum absolute atomic E-state index is 0. The number of nitrogens with one attached hydrogen (secondary N) is 3. The summed E-state index contributed by atoms with van der Waals surface area (Å²) >= 11 is 0.883. The Morgan fingerprint density at radius 3 is 2.50 bits per heavy atom. The highest BCUT2D eigenvalue weighted by Gasteiger charge is 2.33. The Balaban J connectivity index is 0.00000529. The Labute approximate surface area is 159 Å². The molecule has 0 radical (unpaired) electrons. The van der Waals surface area contributed by atoms with Crippen LogP contribution < -0.4 is 15.4 Å². The summed E-state index contributed by atoms with van der Waals surface area (Å²) in [7, 11) is -3.27. The van der Waals surface area contributed by atoms with E-state index >= 15 is 0 Å². The topological polar surface area (TPSA) is 95.5 Å². The van der Waals surface area contributed by atoms with Gasteiger partial charge in [0, 0.05) is 25.0 Å². The molecule has 1 aromatic heterocycles. The highest BCUT2D eigenvalue weighted by atomic mass is 127. The van der Waals surface area contributed by atoms with E-state index < -0.39 is 21.9 Å². The number of thiazole rings is 1. The number of rotatable bonds is 7. The van der Waals surface area contributed by atoms with Crippen LogP contribution in [0, 0.1) is 0 Å². The number of aromatic nitrogens is 1.